The third-order valence-corrected chi connectivity index (χ3v) is 6.05. The molecule has 8 heteroatoms. The highest BCUT2D eigenvalue weighted by Gasteiger charge is 2.34. The van der Waals surface area contributed by atoms with E-state index in [1.807, 2.05) is 0 Å². The minimum atomic E-state index is -0.388. The van der Waals surface area contributed by atoms with E-state index in [1.165, 1.54) is 23.5 Å². The van der Waals surface area contributed by atoms with Gasteiger partial charge in [-0.05, 0) is 30.5 Å². The summed E-state index contributed by atoms with van der Waals surface area (Å²) >= 11 is 1.39. The standard InChI is InChI=1S/C20H25FN4O2S/c1-3-4-13(2)19-23-24-20(28-19)22-18(27)15-11-17(26)25(12-15)10-9-14-5-7-16(21)8-6-14/h5-8,13,15H,3-4,9-12H2,1-2H3,(H,22,24,27)/t13-,15-/m0/s1. The topological polar surface area (TPSA) is 75.2 Å². The van der Waals surface area contributed by atoms with Gasteiger partial charge < -0.3 is 10.2 Å². The summed E-state index contributed by atoms with van der Waals surface area (Å²) in [6.07, 6.45) is 2.94. The highest BCUT2D eigenvalue weighted by Crippen LogP contribution is 2.27. The molecule has 2 aromatic rings. The van der Waals surface area contributed by atoms with E-state index in [0.29, 0.717) is 30.6 Å². The molecule has 0 aliphatic carbocycles. The summed E-state index contributed by atoms with van der Waals surface area (Å²) in [7, 11) is 0. The number of likely N-dealkylation sites (tertiary alicyclic amines) is 1. The second-order valence-electron chi connectivity index (χ2n) is 7.24. The highest BCUT2D eigenvalue weighted by molar-refractivity contribution is 7.15. The van der Waals surface area contributed by atoms with Gasteiger partial charge in [-0.1, -0.05) is 43.7 Å². The molecule has 1 aliphatic heterocycles. The Morgan fingerprint density at radius 2 is 2.11 bits per heavy atom. The zero-order valence-corrected chi connectivity index (χ0v) is 17.0. The normalized spacial score (nSPS) is 17.8. The number of carbonyl (C=O) groups is 2. The summed E-state index contributed by atoms with van der Waals surface area (Å²) in [4.78, 5) is 26.5. The Kier molecular flexibility index (Phi) is 6.72. The smallest absolute Gasteiger partial charge is 0.231 e. The number of hydrogen-bond donors (Lipinski definition) is 1. The van der Waals surface area contributed by atoms with Crippen LogP contribution >= 0.6 is 11.3 Å². The zero-order valence-electron chi connectivity index (χ0n) is 16.2. The Labute approximate surface area is 168 Å². The number of nitrogens with one attached hydrogen (secondary N) is 1. The molecule has 1 aliphatic rings. The summed E-state index contributed by atoms with van der Waals surface area (Å²) in [6, 6.07) is 6.25. The van der Waals surface area contributed by atoms with Crippen LogP contribution in [0.15, 0.2) is 24.3 Å². The van der Waals surface area contributed by atoms with Crippen LogP contribution in [0.3, 0.4) is 0 Å². The van der Waals surface area contributed by atoms with E-state index in [0.717, 1.165) is 23.4 Å². The minimum absolute atomic E-state index is 0.0308. The van der Waals surface area contributed by atoms with Gasteiger partial charge in [0.25, 0.3) is 0 Å². The van der Waals surface area contributed by atoms with Crippen LogP contribution in [0.4, 0.5) is 9.52 Å². The molecular formula is C20H25FN4O2S. The number of amides is 2. The summed E-state index contributed by atoms with van der Waals surface area (Å²) in [5, 5.41) is 12.4. The van der Waals surface area contributed by atoms with Gasteiger partial charge in [-0.15, -0.1) is 10.2 Å². The van der Waals surface area contributed by atoms with Crippen molar-refractivity contribution in [1.82, 2.24) is 15.1 Å². The van der Waals surface area contributed by atoms with Gasteiger partial charge in [0.15, 0.2) is 0 Å². The molecule has 1 aromatic heterocycles. The lowest BCUT2D eigenvalue weighted by Crippen LogP contribution is -2.30. The predicted molar refractivity (Wildman–Crippen MR) is 107 cm³/mol. The molecule has 1 N–H and O–H groups in total. The zero-order chi connectivity index (χ0) is 20.1. The molecule has 2 heterocycles. The Morgan fingerprint density at radius 3 is 2.82 bits per heavy atom. The van der Waals surface area contributed by atoms with E-state index in [9.17, 15) is 14.0 Å². The third kappa shape index (κ3) is 5.13. The van der Waals surface area contributed by atoms with Crippen molar-refractivity contribution in [3.63, 3.8) is 0 Å². The molecule has 150 valence electrons. The Bertz CT molecular complexity index is 824. The molecule has 2 atom stereocenters. The Morgan fingerprint density at radius 1 is 1.36 bits per heavy atom. The van der Waals surface area contributed by atoms with E-state index in [1.54, 1.807) is 17.0 Å². The first-order valence-corrected chi connectivity index (χ1v) is 10.4. The Balaban J connectivity index is 1.51. The molecular weight excluding hydrogens is 379 g/mol. The monoisotopic (exact) mass is 404 g/mol. The largest absolute Gasteiger partial charge is 0.342 e. The lowest BCUT2D eigenvalue weighted by Gasteiger charge is -2.16. The summed E-state index contributed by atoms with van der Waals surface area (Å²) in [5.74, 6) is -0.564. The van der Waals surface area contributed by atoms with E-state index < -0.39 is 0 Å². The van der Waals surface area contributed by atoms with Gasteiger partial charge >= 0.3 is 0 Å². The van der Waals surface area contributed by atoms with Crippen LogP contribution in [0.25, 0.3) is 0 Å². The van der Waals surface area contributed by atoms with Gasteiger partial charge in [0.05, 0.1) is 5.92 Å². The van der Waals surface area contributed by atoms with Crippen LogP contribution in [0.2, 0.25) is 0 Å². The first-order chi connectivity index (χ1) is 13.5. The van der Waals surface area contributed by atoms with Crippen molar-refractivity contribution in [1.29, 1.82) is 0 Å². The van der Waals surface area contributed by atoms with Crippen LogP contribution in [0, 0.1) is 11.7 Å². The molecule has 0 spiro atoms. The number of nitrogens with zero attached hydrogens (tertiary/aromatic N) is 3. The molecule has 0 unspecified atom stereocenters. The van der Waals surface area contributed by atoms with Crippen LogP contribution in [-0.4, -0.2) is 40.0 Å². The average Bonchev–Trinajstić information content (AvgIpc) is 3.28. The molecule has 1 saturated heterocycles. The molecule has 28 heavy (non-hydrogen) atoms. The van der Waals surface area contributed by atoms with Crippen LogP contribution in [-0.2, 0) is 16.0 Å². The van der Waals surface area contributed by atoms with Crippen molar-refractivity contribution in [2.75, 3.05) is 18.4 Å². The van der Waals surface area contributed by atoms with E-state index in [-0.39, 0.29) is 30.0 Å². The van der Waals surface area contributed by atoms with Gasteiger partial charge in [0.2, 0.25) is 16.9 Å². The van der Waals surface area contributed by atoms with Crippen LogP contribution in [0.5, 0.6) is 0 Å². The number of carbonyl (C=O) groups excluding carboxylic acids is 2. The quantitative estimate of drug-likeness (QED) is 0.729. The molecule has 0 saturated carbocycles. The number of hydrogen-bond acceptors (Lipinski definition) is 5. The van der Waals surface area contributed by atoms with Gasteiger partial charge in [-0.2, -0.15) is 0 Å². The van der Waals surface area contributed by atoms with Crippen molar-refractivity contribution in [3.8, 4) is 0 Å². The second-order valence-corrected chi connectivity index (χ2v) is 8.25. The SMILES string of the molecule is CCC[C@H](C)c1nnc(NC(=O)[C@H]2CC(=O)N(CCc3ccc(F)cc3)C2)s1. The number of rotatable bonds is 8. The van der Waals surface area contributed by atoms with E-state index >= 15 is 0 Å². The lowest BCUT2D eigenvalue weighted by molar-refractivity contribution is -0.128. The first-order valence-electron chi connectivity index (χ1n) is 9.62. The minimum Gasteiger partial charge on any atom is -0.342 e. The van der Waals surface area contributed by atoms with Crippen molar-refractivity contribution in [2.24, 2.45) is 5.92 Å². The first kappa shape index (κ1) is 20.4. The van der Waals surface area contributed by atoms with E-state index in [2.05, 4.69) is 29.4 Å². The molecule has 3 rings (SSSR count). The lowest BCUT2D eigenvalue weighted by atomic mass is 10.1. The molecule has 0 bridgehead atoms. The van der Waals surface area contributed by atoms with Gasteiger partial charge in [-0.3, -0.25) is 9.59 Å². The van der Waals surface area contributed by atoms with Crippen LogP contribution in [0.1, 0.15) is 49.6 Å². The number of halogens is 1. The molecule has 6 nitrogen and oxygen atoms in total. The molecule has 2 amide bonds. The fourth-order valence-electron chi connectivity index (χ4n) is 3.33. The van der Waals surface area contributed by atoms with Gasteiger partial charge in [-0.25, -0.2) is 4.39 Å². The average molecular weight is 405 g/mol. The maximum absolute atomic E-state index is 13.0. The summed E-state index contributed by atoms with van der Waals surface area (Å²) < 4.78 is 13.0. The maximum atomic E-state index is 13.0. The molecule has 0 radical (unpaired) electrons. The van der Waals surface area contributed by atoms with E-state index in [4.69, 9.17) is 0 Å². The molecule has 1 aromatic carbocycles. The predicted octanol–water partition coefficient (Wildman–Crippen LogP) is 3.61. The van der Waals surface area contributed by atoms with Crippen molar-refractivity contribution < 1.29 is 14.0 Å². The fourth-order valence-corrected chi connectivity index (χ4v) is 4.16. The number of aromatic nitrogens is 2. The van der Waals surface area contributed by atoms with Crippen molar-refractivity contribution in [3.05, 3.63) is 40.7 Å². The van der Waals surface area contributed by atoms with Crippen LogP contribution < -0.4 is 5.32 Å². The van der Waals surface area contributed by atoms with Gasteiger partial charge in [0.1, 0.15) is 10.8 Å². The van der Waals surface area contributed by atoms with Gasteiger partial charge in [0, 0.05) is 25.4 Å². The number of benzene rings is 1. The molecule has 1 fully saturated rings. The highest BCUT2D eigenvalue weighted by atomic mass is 32.1. The second kappa shape index (κ2) is 9.23. The summed E-state index contributed by atoms with van der Waals surface area (Å²) in [6.45, 7) is 5.14. The third-order valence-electron chi connectivity index (χ3n) is 4.98. The summed E-state index contributed by atoms with van der Waals surface area (Å²) in [5.41, 5.74) is 0.963. The number of anilines is 1. The van der Waals surface area contributed by atoms with Crippen molar-refractivity contribution in [2.45, 2.75) is 45.4 Å². The fraction of sp³-hybridized carbons (Fsp3) is 0.500. The maximum Gasteiger partial charge on any atom is 0.231 e. The Hall–Kier alpha value is -2.35. The van der Waals surface area contributed by atoms with Crippen molar-refractivity contribution >= 4 is 28.3 Å².